The fourth-order valence-corrected chi connectivity index (χ4v) is 5.81. The Balaban J connectivity index is 1.42. The zero-order chi connectivity index (χ0) is 31.1. The van der Waals surface area contributed by atoms with Crippen molar-refractivity contribution in [2.75, 3.05) is 6.61 Å². The van der Waals surface area contributed by atoms with Crippen LogP contribution in [0.1, 0.15) is 49.4 Å². The Labute approximate surface area is 267 Å². The van der Waals surface area contributed by atoms with E-state index in [2.05, 4.69) is 133 Å². The van der Waals surface area contributed by atoms with Crippen molar-refractivity contribution < 1.29 is 9.47 Å². The van der Waals surface area contributed by atoms with Crippen LogP contribution in [0.2, 0.25) is 0 Å². The lowest BCUT2D eigenvalue weighted by Crippen LogP contribution is -2.36. The predicted molar refractivity (Wildman–Crippen MR) is 183 cm³/mol. The molecule has 4 nitrogen and oxygen atoms in total. The summed E-state index contributed by atoms with van der Waals surface area (Å²) < 4.78 is 14.9. The van der Waals surface area contributed by atoms with Crippen molar-refractivity contribution in [2.24, 2.45) is 5.41 Å². The van der Waals surface area contributed by atoms with Gasteiger partial charge in [-0.1, -0.05) is 136 Å². The van der Waals surface area contributed by atoms with Gasteiger partial charge >= 0.3 is 0 Å². The summed E-state index contributed by atoms with van der Waals surface area (Å²) in [6.45, 7) is 7.86. The lowest BCUT2D eigenvalue weighted by atomic mass is 9.76. The Morgan fingerprint density at radius 3 is 1.82 bits per heavy atom. The second-order valence-corrected chi connectivity index (χ2v) is 12.6. The Morgan fingerprint density at radius 1 is 0.644 bits per heavy atom. The monoisotopic (exact) mass is 592 g/mol. The fraction of sp³-hybridized carbons (Fsp3) is 0.195. The standard InChI is InChI=1S/C41H40N2O2/c1-40(2,3)25-28-44-39-24-23-37(45-30-32-13-7-4-8-14-32)29-38(39)33-19-21-36(22-20-33)41(43-27-26-42-31-43,34-15-9-5-10-16-34)35-17-11-6-12-18-35/h4-24,26-27,29,31H,25,28,30H2,1-3H3. The van der Waals surface area contributed by atoms with Crippen LogP contribution in [0.5, 0.6) is 11.5 Å². The van der Waals surface area contributed by atoms with E-state index in [4.69, 9.17) is 9.47 Å². The first kappa shape index (κ1) is 30.0. The molecule has 0 radical (unpaired) electrons. The summed E-state index contributed by atoms with van der Waals surface area (Å²) in [7, 11) is 0. The number of ether oxygens (including phenoxy) is 2. The Hall–Kier alpha value is -5.09. The Morgan fingerprint density at radius 2 is 1.24 bits per heavy atom. The van der Waals surface area contributed by atoms with Crippen molar-refractivity contribution in [3.8, 4) is 22.6 Å². The first-order chi connectivity index (χ1) is 21.9. The highest BCUT2D eigenvalue weighted by Crippen LogP contribution is 2.42. The molecule has 0 aliphatic rings. The van der Waals surface area contributed by atoms with Crippen LogP contribution in [0, 0.1) is 5.41 Å². The third-order valence-corrected chi connectivity index (χ3v) is 8.20. The van der Waals surface area contributed by atoms with Crippen molar-refractivity contribution in [3.05, 3.63) is 174 Å². The van der Waals surface area contributed by atoms with Crippen LogP contribution in [0.3, 0.4) is 0 Å². The molecule has 0 aliphatic carbocycles. The summed E-state index contributed by atoms with van der Waals surface area (Å²) in [5, 5.41) is 0. The van der Waals surface area contributed by atoms with Gasteiger partial charge in [-0.25, -0.2) is 4.98 Å². The van der Waals surface area contributed by atoms with Crippen LogP contribution in [-0.4, -0.2) is 16.2 Å². The molecule has 45 heavy (non-hydrogen) atoms. The minimum atomic E-state index is -0.607. The summed E-state index contributed by atoms with van der Waals surface area (Å²) >= 11 is 0. The average molecular weight is 593 g/mol. The molecular formula is C41H40N2O2. The summed E-state index contributed by atoms with van der Waals surface area (Å²) in [6.07, 6.45) is 6.75. The summed E-state index contributed by atoms with van der Waals surface area (Å²) in [4.78, 5) is 4.47. The van der Waals surface area contributed by atoms with E-state index >= 15 is 0 Å². The van der Waals surface area contributed by atoms with Gasteiger partial charge in [-0.15, -0.1) is 0 Å². The molecule has 0 saturated heterocycles. The highest BCUT2D eigenvalue weighted by Gasteiger charge is 2.38. The van der Waals surface area contributed by atoms with Crippen molar-refractivity contribution in [1.82, 2.24) is 9.55 Å². The van der Waals surface area contributed by atoms with Crippen molar-refractivity contribution in [3.63, 3.8) is 0 Å². The molecule has 1 heterocycles. The highest BCUT2D eigenvalue weighted by atomic mass is 16.5. The third kappa shape index (κ3) is 6.71. The van der Waals surface area contributed by atoms with Gasteiger partial charge in [0.15, 0.2) is 0 Å². The molecule has 0 aliphatic heterocycles. The van der Waals surface area contributed by atoms with Gasteiger partial charge in [0.25, 0.3) is 0 Å². The van der Waals surface area contributed by atoms with Gasteiger partial charge in [-0.05, 0) is 57.9 Å². The van der Waals surface area contributed by atoms with E-state index in [9.17, 15) is 0 Å². The zero-order valence-electron chi connectivity index (χ0n) is 26.3. The number of hydrogen-bond acceptors (Lipinski definition) is 3. The van der Waals surface area contributed by atoms with E-state index < -0.39 is 5.54 Å². The summed E-state index contributed by atoms with van der Waals surface area (Å²) in [5.41, 5.74) is 6.23. The molecule has 0 spiro atoms. The van der Waals surface area contributed by atoms with Gasteiger partial charge < -0.3 is 14.0 Å². The predicted octanol–water partition coefficient (Wildman–Crippen LogP) is 9.78. The molecule has 4 heteroatoms. The molecule has 6 rings (SSSR count). The van der Waals surface area contributed by atoms with E-state index in [0.717, 1.165) is 51.3 Å². The first-order valence-corrected chi connectivity index (χ1v) is 15.6. The smallest absolute Gasteiger partial charge is 0.127 e. The van der Waals surface area contributed by atoms with Crippen LogP contribution in [0.25, 0.3) is 11.1 Å². The maximum atomic E-state index is 6.41. The molecule has 0 unspecified atom stereocenters. The normalized spacial score (nSPS) is 11.7. The van der Waals surface area contributed by atoms with E-state index in [1.54, 1.807) is 0 Å². The molecule has 0 amide bonds. The molecule has 6 aromatic rings. The van der Waals surface area contributed by atoms with Crippen LogP contribution in [0.4, 0.5) is 0 Å². The van der Waals surface area contributed by atoms with Gasteiger partial charge in [0.1, 0.15) is 23.6 Å². The molecule has 0 N–H and O–H groups in total. The highest BCUT2D eigenvalue weighted by molar-refractivity contribution is 5.73. The van der Waals surface area contributed by atoms with Crippen LogP contribution >= 0.6 is 0 Å². The second kappa shape index (κ2) is 13.3. The van der Waals surface area contributed by atoms with Gasteiger partial charge in [-0.3, -0.25) is 0 Å². The lowest BCUT2D eigenvalue weighted by Gasteiger charge is -2.37. The zero-order valence-corrected chi connectivity index (χ0v) is 26.3. The largest absolute Gasteiger partial charge is 0.493 e. The quantitative estimate of drug-likeness (QED) is 0.141. The minimum absolute atomic E-state index is 0.187. The maximum absolute atomic E-state index is 6.41. The molecule has 1 aromatic heterocycles. The van der Waals surface area contributed by atoms with Crippen LogP contribution < -0.4 is 9.47 Å². The number of imidazole rings is 1. The average Bonchev–Trinajstić information content (AvgIpc) is 3.61. The van der Waals surface area contributed by atoms with E-state index in [-0.39, 0.29) is 5.41 Å². The van der Waals surface area contributed by atoms with Crippen molar-refractivity contribution in [1.29, 1.82) is 0 Å². The van der Waals surface area contributed by atoms with Crippen molar-refractivity contribution >= 4 is 0 Å². The van der Waals surface area contributed by atoms with E-state index in [0.29, 0.717) is 13.2 Å². The molecular weight excluding hydrogens is 552 g/mol. The SMILES string of the molecule is CC(C)(C)CCOc1ccc(OCc2ccccc2)cc1-c1ccc(C(c2ccccc2)(c2ccccc2)n2ccnc2)cc1. The van der Waals surface area contributed by atoms with Gasteiger partial charge in [-0.2, -0.15) is 0 Å². The number of rotatable bonds is 11. The topological polar surface area (TPSA) is 36.3 Å². The van der Waals surface area contributed by atoms with Gasteiger partial charge in [0, 0.05) is 18.0 Å². The van der Waals surface area contributed by atoms with Gasteiger partial charge in [0.05, 0.1) is 12.9 Å². The van der Waals surface area contributed by atoms with Gasteiger partial charge in [0.2, 0.25) is 0 Å². The third-order valence-electron chi connectivity index (χ3n) is 8.20. The number of hydrogen-bond donors (Lipinski definition) is 0. The van der Waals surface area contributed by atoms with Crippen LogP contribution in [-0.2, 0) is 12.1 Å². The molecule has 0 bridgehead atoms. The Kier molecular flexibility index (Phi) is 8.84. The van der Waals surface area contributed by atoms with Crippen LogP contribution in [0.15, 0.2) is 152 Å². The molecule has 0 atom stereocenters. The maximum Gasteiger partial charge on any atom is 0.127 e. The minimum Gasteiger partial charge on any atom is -0.493 e. The lowest BCUT2D eigenvalue weighted by molar-refractivity contribution is 0.243. The second-order valence-electron chi connectivity index (χ2n) is 12.6. The number of nitrogens with zero attached hydrogens (tertiary/aromatic N) is 2. The summed E-state index contributed by atoms with van der Waals surface area (Å²) in [6, 6.07) is 46.5. The summed E-state index contributed by atoms with van der Waals surface area (Å²) in [5.74, 6) is 1.66. The number of aromatic nitrogens is 2. The first-order valence-electron chi connectivity index (χ1n) is 15.6. The van der Waals surface area contributed by atoms with E-state index in [1.807, 2.05) is 49.1 Å². The molecule has 226 valence electrons. The van der Waals surface area contributed by atoms with E-state index in [1.165, 1.54) is 0 Å². The molecule has 0 saturated carbocycles. The molecule has 0 fully saturated rings. The molecule has 5 aromatic carbocycles. The fourth-order valence-electron chi connectivity index (χ4n) is 5.81. The Bertz CT molecular complexity index is 1740. The number of benzene rings is 5. The van der Waals surface area contributed by atoms with Crippen molar-refractivity contribution in [2.45, 2.75) is 39.3 Å².